The first kappa shape index (κ1) is 14.6. The van der Waals surface area contributed by atoms with Gasteiger partial charge in [-0.15, -0.1) is 0 Å². The van der Waals surface area contributed by atoms with Crippen molar-refractivity contribution in [1.29, 1.82) is 0 Å². The summed E-state index contributed by atoms with van der Waals surface area (Å²) >= 11 is 0. The summed E-state index contributed by atoms with van der Waals surface area (Å²) in [6.07, 6.45) is 3.13. The zero-order valence-corrected chi connectivity index (χ0v) is 12.9. The van der Waals surface area contributed by atoms with E-state index in [0.29, 0.717) is 0 Å². The Morgan fingerprint density at radius 3 is 2.70 bits per heavy atom. The molecule has 0 unspecified atom stereocenters. The molecule has 0 aliphatic rings. The third kappa shape index (κ3) is 2.58. The quantitative estimate of drug-likeness (QED) is 0.829. The molecule has 0 fully saturated rings. The number of unbranched alkanes of at least 4 members (excludes halogenated alkanes) is 1. The van der Waals surface area contributed by atoms with Gasteiger partial charge in [-0.1, -0.05) is 26.3 Å². The maximum Gasteiger partial charge on any atom is 0.268 e. The Bertz CT molecular complexity index is 625. The largest absolute Gasteiger partial charge is 0.351 e. The van der Waals surface area contributed by atoms with E-state index >= 15 is 0 Å². The summed E-state index contributed by atoms with van der Waals surface area (Å²) in [5, 5.41) is 4.20. The molecule has 2 rings (SSSR count). The summed E-state index contributed by atoms with van der Waals surface area (Å²) in [6.45, 7) is 7.06. The van der Waals surface area contributed by atoms with Gasteiger partial charge in [-0.2, -0.15) is 0 Å². The summed E-state index contributed by atoms with van der Waals surface area (Å²) in [7, 11) is 1.97. The first-order chi connectivity index (χ1) is 9.60. The van der Waals surface area contributed by atoms with Crippen LogP contribution in [0.3, 0.4) is 0 Å². The predicted octanol–water partition coefficient (Wildman–Crippen LogP) is 3.58. The summed E-state index contributed by atoms with van der Waals surface area (Å²) < 4.78 is 2.01. The standard InChI is InChI=1S/C17H24N2O/c1-5-7-10-18-17(20)16-12(3)14-11-13(6-2)8-9-15(14)19(16)4/h8-9,11H,5-7,10H2,1-4H3,(H,18,20). The number of aryl methyl sites for hydroxylation is 3. The summed E-state index contributed by atoms with van der Waals surface area (Å²) in [5.41, 5.74) is 4.29. The van der Waals surface area contributed by atoms with Crippen molar-refractivity contribution in [1.82, 2.24) is 9.88 Å². The molecule has 108 valence electrons. The van der Waals surface area contributed by atoms with Crippen molar-refractivity contribution in [3.63, 3.8) is 0 Å². The number of rotatable bonds is 5. The second-order valence-corrected chi connectivity index (χ2v) is 5.35. The average Bonchev–Trinajstić information content (AvgIpc) is 2.70. The molecule has 2 aromatic rings. The Balaban J connectivity index is 2.41. The molecule has 1 amide bonds. The second-order valence-electron chi connectivity index (χ2n) is 5.35. The Morgan fingerprint density at radius 1 is 1.30 bits per heavy atom. The van der Waals surface area contributed by atoms with Crippen LogP contribution in [0, 0.1) is 6.92 Å². The van der Waals surface area contributed by atoms with Crippen LogP contribution in [0.15, 0.2) is 18.2 Å². The number of nitrogens with zero attached hydrogens (tertiary/aromatic N) is 1. The average molecular weight is 272 g/mol. The number of hydrogen-bond donors (Lipinski definition) is 1. The maximum atomic E-state index is 12.4. The van der Waals surface area contributed by atoms with Gasteiger partial charge in [0.25, 0.3) is 5.91 Å². The van der Waals surface area contributed by atoms with Gasteiger partial charge in [-0.05, 0) is 43.0 Å². The van der Waals surface area contributed by atoms with E-state index in [-0.39, 0.29) is 5.91 Å². The molecule has 0 radical (unpaired) electrons. The number of amides is 1. The molecule has 0 bridgehead atoms. The minimum Gasteiger partial charge on any atom is -0.351 e. The van der Waals surface area contributed by atoms with Crippen LogP contribution >= 0.6 is 0 Å². The number of hydrogen-bond acceptors (Lipinski definition) is 1. The van der Waals surface area contributed by atoms with Gasteiger partial charge in [0.2, 0.25) is 0 Å². The van der Waals surface area contributed by atoms with Crippen molar-refractivity contribution in [2.75, 3.05) is 6.54 Å². The fourth-order valence-corrected chi connectivity index (χ4v) is 2.68. The minimum absolute atomic E-state index is 0.0349. The normalized spacial score (nSPS) is 11.0. The van der Waals surface area contributed by atoms with Gasteiger partial charge >= 0.3 is 0 Å². The summed E-state index contributed by atoms with van der Waals surface area (Å²) in [6, 6.07) is 6.46. The lowest BCUT2D eigenvalue weighted by Gasteiger charge is -2.07. The molecule has 0 spiro atoms. The second kappa shape index (κ2) is 6.12. The number of carbonyl (C=O) groups is 1. The third-order valence-corrected chi connectivity index (χ3v) is 3.96. The van der Waals surface area contributed by atoms with Gasteiger partial charge in [0.15, 0.2) is 0 Å². The molecule has 0 atom stereocenters. The zero-order chi connectivity index (χ0) is 14.7. The van der Waals surface area contributed by atoms with E-state index in [1.807, 2.05) is 18.5 Å². The maximum absolute atomic E-state index is 12.4. The Kier molecular flexibility index (Phi) is 4.48. The minimum atomic E-state index is 0.0349. The smallest absolute Gasteiger partial charge is 0.268 e. The molecule has 0 saturated heterocycles. The van der Waals surface area contributed by atoms with Gasteiger partial charge in [0, 0.05) is 24.5 Å². The molecular weight excluding hydrogens is 248 g/mol. The van der Waals surface area contributed by atoms with Crippen molar-refractivity contribution in [2.24, 2.45) is 7.05 Å². The van der Waals surface area contributed by atoms with E-state index in [1.165, 1.54) is 10.9 Å². The van der Waals surface area contributed by atoms with Crippen LogP contribution in [0.25, 0.3) is 10.9 Å². The van der Waals surface area contributed by atoms with Crippen LogP contribution < -0.4 is 5.32 Å². The summed E-state index contributed by atoms with van der Waals surface area (Å²) in [5.74, 6) is 0.0349. The Morgan fingerprint density at radius 2 is 2.05 bits per heavy atom. The van der Waals surface area contributed by atoms with Crippen LogP contribution in [-0.2, 0) is 13.5 Å². The van der Waals surface area contributed by atoms with Gasteiger partial charge in [0.05, 0.1) is 0 Å². The molecule has 1 N–H and O–H groups in total. The van der Waals surface area contributed by atoms with E-state index in [2.05, 4.69) is 37.4 Å². The predicted molar refractivity (Wildman–Crippen MR) is 84.3 cm³/mol. The fourth-order valence-electron chi connectivity index (χ4n) is 2.68. The number of aromatic nitrogens is 1. The molecule has 1 aromatic heterocycles. The van der Waals surface area contributed by atoms with Gasteiger partial charge in [-0.3, -0.25) is 4.79 Å². The lowest BCUT2D eigenvalue weighted by Crippen LogP contribution is -2.26. The van der Waals surface area contributed by atoms with Crippen molar-refractivity contribution in [3.8, 4) is 0 Å². The van der Waals surface area contributed by atoms with Crippen molar-refractivity contribution >= 4 is 16.8 Å². The van der Waals surface area contributed by atoms with Crippen molar-refractivity contribution in [2.45, 2.75) is 40.0 Å². The Labute approximate surface area is 121 Å². The van der Waals surface area contributed by atoms with Crippen LogP contribution in [0.5, 0.6) is 0 Å². The zero-order valence-electron chi connectivity index (χ0n) is 12.9. The third-order valence-electron chi connectivity index (χ3n) is 3.96. The highest BCUT2D eigenvalue weighted by Crippen LogP contribution is 2.26. The Hall–Kier alpha value is -1.77. The van der Waals surface area contributed by atoms with Crippen LogP contribution in [-0.4, -0.2) is 17.0 Å². The fraction of sp³-hybridized carbons (Fsp3) is 0.471. The highest BCUT2D eigenvalue weighted by Gasteiger charge is 2.17. The van der Waals surface area contributed by atoms with Gasteiger partial charge in [0.1, 0.15) is 5.69 Å². The molecule has 0 aliphatic carbocycles. The molecule has 0 aliphatic heterocycles. The molecule has 3 heteroatoms. The molecular formula is C17H24N2O. The highest BCUT2D eigenvalue weighted by molar-refractivity contribution is 6.01. The van der Waals surface area contributed by atoms with E-state index in [0.717, 1.165) is 42.6 Å². The molecule has 20 heavy (non-hydrogen) atoms. The molecule has 1 heterocycles. The first-order valence-electron chi connectivity index (χ1n) is 7.46. The molecule has 0 saturated carbocycles. The topological polar surface area (TPSA) is 34.0 Å². The summed E-state index contributed by atoms with van der Waals surface area (Å²) in [4.78, 5) is 12.4. The molecule has 3 nitrogen and oxygen atoms in total. The first-order valence-corrected chi connectivity index (χ1v) is 7.46. The van der Waals surface area contributed by atoms with Gasteiger partial charge in [-0.25, -0.2) is 0 Å². The highest BCUT2D eigenvalue weighted by atomic mass is 16.1. The van der Waals surface area contributed by atoms with Crippen LogP contribution in [0.2, 0.25) is 0 Å². The number of carbonyl (C=O) groups excluding carboxylic acids is 1. The monoisotopic (exact) mass is 272 g/mol. The number of fused-ring (bicyclic) bond motifs is 1. The van der Waals surface area contributed by atoms with Crippen molar-refractivity contribution < 1.29 is 4.79 Å². The van der Waals surface area contributed by atoms with Crippen LogP contribution in [0.4, 0.5) is 0 Å². The lowest BCUT2D eigenvalue weighted by molar-refractivity contribution is 0.0945. The van der Waals surface area contributed by atoms with E-state index in [4.69, 9.17) is 0 Å². The van der Waals surface area contributed by atoms with Crippen LogP contribution in [0.1, 0.15) is 48.3 Å². The molecule has 1 aromatic carbocycles. The van der Waals surface area contributed by atoms with E-state index in [9.17, 15) is 4.79 Å². The SMILES string of the molecule is CCCCNC(=O)c1c(C)c2cc(CC)ccc2n1C. The number of benzene rings is 1. The number of nitrogens with one attached hydrogen (secondary N) is 1. The van der Waals surface area contributed by atoms with Crippen molar-refractivity contribution in [3.05, 3.63) is 35.0 Å². The van der Waals surface area contributed by atoms with E-state index in [1.54, 1.807) is 0 Å². The van der Waals surface area contributed by atoms with Gasteiger partial charge < -0.3 is 9.88 Å². The lowest BCUT2D eigenvalue weighted by atomic mass is 10.1. The van der Waals surface area contributed by atoms with E-state index < -0.39 is 0 Å².